The summed E-state index contributed by atoms with van der Waals surface area (Å²) in [5.41, 5.74) is 2.52. The fraction of sp³-hybridized carbons (Fsp3) is 0.750. The Labute approximate surface area is 119 Å². The second kappa shape index (κ2) is 5.37. The maximum Gasteiger partial charge on any atom is 0.243 e. The minimum Gasteiger partial charge on any atom is -0.347 e. The predicted octanol–water partition coefficient (Wildman–Crippen LogP) is -0.492. The van der Waals surface area contributed by atoms with Gasteiger partial charge in [-0.15, -0.1) is 0 Å². The van der Waals surface area contributed by atoms with Crippen LogP contribution in [0.3, 0.4) is 0 Å². The Kier molecular flexibility index (Phi) is 3.58. The number of nitrogens with zero attached hydrogens (tertiary/aromatic N) is 6. The number of rotatable bonds is 3. The molecule has 110 valence electrons. The van der Waals surface area contributed by atoms with Gasteiger partial charge in [0.2, 0.25) is 17.8 Å². The van der Waals surface area contributed by atoms with E-state index in [9.17, 15) is 0 Å². The molecule has 1 atom stereocenters. The molecule has 20 heavy (non-hydrogen) atoms. The van der Waals surface area contributed by atoms with E-state index in [4.69, 9.17) is 5.84 Å². The number of nitrogen functional groups attached to an aromatic ring is 1. The van der Waals surface area contributed by atoms with Crippen LogP contribution in [0.5, 0.6) is 0 Å². The molecule has 0 aliphatic carbocycles. The van der Waals surface area contributed by atoms with E-state index in [0.29, 0.717) is 23.9 Å². The molecule has 2 aliphatic rings. The standard InChI is InChI=1S/C12H22N8/c1-18(2)11-14-10(17-13)15-12(16-11)20-7-6-19-5-3-4-9(19)8-20/h9H,3-8,13H2,1-2H3,(H,14,15,16,17). The van der Waals surface area contributed by atoms with Crippen molar-refractivity contribution in [3.05, 3.63) is 0 Å². The van der Waals surface area contributed by atoms with Crippen molar-refractivity contribution in [3.8, 4) is 0 Å². The van der Waals surface area contributed by atoms with Gasteiger partial charge in [-0.3, -0.25) is 10.3 Å². The van der Waals surface area contributed by atoms with Crippen molar-refractivity contribution >= 4 is 17.8 Å². The van der Waals surface area contributed by atoms with E-state index < -0.39 is 0 Å². The number of hydrogen-bond donors (Lipinski definition) is 2. The Morgan fingerprint density at radius 3 is 2.80 bits per heavy atom. The molecule has 0 radical (unpaired) electrons. The lowest BCUT2D eigenvalue weighted by atomic mass is 10.2. The molecule has 2 fully saturated rings. The molecule has 8 heteroatoms. The van der Waals surface area contributed by atoms with Crippen LogP contribution in [-0.4, -0.2) is 66.2 Å². The zero-order valence-corrected chi connectivity index (χ0v) is 12.1. The Morgan fingerprint density at radius 1 is 1.20 bits per heavy atom. The average molecular weight is 278 g/mol. The zero-order chi connectivity index (χ0) is 14.1. The number of anilines is 3. The molecule has 1 aromatic heterocycles. The molecule has 0 amide bonds. The summed E-state index contributed by atoms with van der Waals surface area (Å²) in [6.07, 6.45) is 2.57. The van der Waals surface area contributed by atoms with Gasteiger partial charge in [0.05, 0.1) is 0 Å². The Morgan fingerprint density at radius 2 is 2.05 bits per heavy atom. The highest BCUT2D eigenvalue weighted by molar-refractivity contribution is 5.44. The Bertz CT molecular complexity index is 477. The fourth-order valence-corrected chi connectivity index (χ4v) is 2.93. The molecule has 0 spiro atoms. The highest BCUT2D eigenvalue weighted by Gasteiger charge is 2.31. The number of hydrogen-bond acceptors (Lipinski definition) is 8. The first-order chi connectivity index (χ1) is 9.67. The van der Waals surface area contributed by atoms with Gasteiger partial charge in [0.15, 0.2) is 0 Å². The van der Waals surface area contributed by atoms with Gasteiger partial charge in [0.25, 0.3) is 0 Å². The van der Waals surface area contributed by atoms with E-state index in [-0.39, 0.29) is 0 Å². The quantitative estimate of drug-likeness (QED) is 0.566. The van der Waals surface area contributed by atoms with Gasteiger partial charge in [-0.25, -0.2) is 5.84 Å². The van der Waals surface area contributed by atoms with Gasteiger partial charge >= 0.3 is 0 Å². The molecule has 2 aliphatic heterocycles. The van der Waals surface area contributed by atoms with Gasteiger partial charge in [-0.05, 0) is 19.4 Å². The van der Waals surface area contributed by atoms with Crippen molar-refractivity contribution in [1.82, 2.24) is 19.9 Å². The number of piperazine rings is 1. The second-order valence-electron chi connectivity index (χ2n) is 5.58. The molecule has 0 saturated carbocycles. The lowest BCUT2D eigenvalue weighted by Gasteiger charge is -2.37. The number of aromatic nitrogens is 3. The summed E-state index contributed by atoms with van der Waals surface area (Å²) in [5.74, 6) is 7.20. The summed E-state index contributed by atoms with van der Waals surface area (Å²) in [6, 6.07) is 0.637. The smallest absolute Gasteiger partial charge is 0.243 e. The summed E-state index contributed by atoms with van der Waals surface area (Å²) >= 11 is 0. The second-order valence-corrected chi connectivity index (χ2v) is 5.58. The molecule has 0 aromatic carbocycles. The maximum absolute atomic E-state index is 5.45. The third kappa shape index (κ3) is 2.48. The van der Waals surface area contributed by atoms with Crippen LogP contribution >= 0.6 is 0 Å². The van der Waals surface area contributed by atoms with Crippen molar-refractivity contribution in [2.75, 3.05) is 55.5 Å². The summed E-state index contributed by atoms with van der Waals surface area (Å²) in [6.45, 7) is 4.26. The van der Waals surface area contributed by atoms with E-state index in [1.807, 2.05) is 19.0 Å². The van der Waals surface area contributed by atoms with E-state index in [1.165, 1.54) is 19.4 Å². The zero-order valence-electron chi connectivity index (χ0n) is 12.1. The lowest BCUT2D eigenvalue weighted by Crippen LogP contribution is -2.50. The predicted molar refractivity (Wildman–Crippen MR) is 78.8 cm³/mol. The van der Waals surface area contributed by atoms with Crippen LogP contribution in [0.15, 0.2) is 0 Å². The van der Waals surface area contributed by atoms with Crippen LogP contribution in [0.2, 0.25) is 0 Å². The number of nitrogens with one attached hydrogen (secondary N) is 1. The number of hydrazine groups is 1. The SMILES string of the molecule is CN(C)c1nc(NN)nc(N2CCN3CCCC3C2)n1. The molecule has 3 N–H and O–H groups in total. The van der Waals surface area contributed by atoms with Gasteiger partial charge in [0.1, 0.15) is 0 Å². The molecule has 8 nitrogen and oxygen atoms in total. The Hall–Kier alpha value is -1.67. The maximum atomic E-state index is 5.45. The lowest BCUT2D eigenvalue weighted by molar-refractivity contribution is 0.229. The van der Waals surface area contributed by atoms with Crippen LogP contribution in [-0.2, 0) is 0 Å². The molecule has 0 bridgehead atoms. The van der Waals surface area contributed by atoms with E-state index in [0.717, 1.165) is 19.6 Å². The third-order valence-electron chi connectivity index (χ3n) is 4.01. The minimum absolute atomic E-state index is 0.410. The molecular formula is C12H22N8. The van der Waals surface area contributed by atoms with E-state index >= 15 is 0 Å². The molecule has 1 aromatic rings. The summed E-state index contributed by atoms with van der Waals surface area (Å²) in [7, 11) is 3.82. The topological polar surface area (TPSA) is 86.4 Å². The van der Waals surface area contributed by atoms with Gasteiger partial charge in [0, 0.05) is 39.8 Å². The highest BCUT2D eigenvalue weighted by atomic mass is 15.4. The monoisotopic (exact) mass is 278 g/mol. The third-order valence-corrected chi connectivity index (χ3v) is 4.01. The van der Waals surface area contributed by atoms with Gasteiger partial charge in [-0.1, -0.05) is 0 Å². The van der Waals surface area contributed by atoms with Gasteiger partial charge in [-0.2, -0.15) is 15.0 Å². The van der Waals surface area contributed by atoms with Crippen LogP contribution in [0.25, 0.3) is 0 Å². The van der Waals surface area contributed by atoms with Crippen LogP contribution < -0.4 is 21.1 Å². The summed E-state index contributed by atoms with van der Waals surface area (Å²) < 4.78 is 0. The minimum atomic E-state index is 0.410. The molecule has 3 rings (SSSR count). The van der Waals surface area contributed by atoms with Crippen molar-refractivity contribution < 1.29 is 0 Å². The van der Waals surface area contributed by atoms with E-state index in [2.05, 4.69) is 30.2 Å². The van der Waals surface area contributed by atoms with Crippen LogP contribution in [0.1, 0.15) is 12.8 Å². The largest absolute Gasteiger partial charge is 0.347 e. The number of nitrogens with two attached hydrogens (primary N) is 1. The van der Waals surface area contributed by atoms with Crippen LogP contribution in [0, 0.1) is 0 Å². The summed E-state index contributed by atoms with van der Waals surface area (Å²) in [4.78, 5) is 19.8. The van der Waals surface area contributed by atoms with Crippen LogP contribution in [0.4, 0.5) is 17.8 Å². The molecule has 1 unspecified atom stereocenters. The summed E-state index contributed by atoms with van der Waals surface area (Å²) in [5, 5.41) is 0. The first kappa shape index (κ1) is 13.3. The van der Waals surface area contributed by atoms with Crippen molar-refractivity contribution in [2.24, 2.45) is 5.84 Å². The van der Waals surface area contributed by atoms with Crippen molar-refractivity contribution in [3.63, 3.8) is 0 Å². The van der Waals surface area contributed by atoms with Crippen molar-refractivity contribution in [1.29, 1.82) is 0 Å². The first-order valence-electron chi connectivity index (χ1n) is 7.06. The molecule has 2 saturated heterocycles. The first-order valence-corrected chi connectivity index (χ1v) is 7.06. The Balaban J connectivity index is 1.83. The van der Waals surface area contributed by atoms with Crippen molar-refractivity contribution in [2.45, 2.75) is 18.9 Å². The fourth-order valence-electron chi connectivity index (χ4n) is 2.93. The van der Waals surface area contributed by atoms with Gasteiger partial charge < -0.3 is 9.80 Å². The number of fused-ring (bicyclic) bond motifs is 1. The highest BCUT2D eigenvalue weighted by Crippen LogP contribution is 2.24. The molecule has 3 heterocycles. The normalized spacial score (nSPS) is 22.8. The van der Waals surface area contributed by atoms with E-state index in [1.54, 1.807) is 0 Å². The molecular weight excluding hydrogens is 256 g/mol. The average Bonchev–Trinajstić information content (AvgIpc) is 2.94.